The normalized spacial score (nSPS) is 14.8. The Morgan fingerprint density at radius 1 is 1.07 bits per heavy atom. The van der Waals surface area contributed by atoms with E-state index in [1.54, 1.807) is 30.1 Å². The van der Waals surface area contributed by atoms with Crippen LogP contribution >= 0.6 is 0 Å². The number of nitrogens with zero attached hydrogens (tertiary/aromatic N) is 1. The number of nitrogens with one attached hydrogen (secondary N) is 1. The van der Waals surface area contributed by atoms with Gasteiger partial charge in [-0.15, -0.1) is 0 Å². The van der Waals surface area contributed by atoms with Crippen molar-refractivity contribution in [1.29, 1.82) is 0 Å². The van der Waals surface area contributed by atoms with Crippen LogP contribution in [-0.2, 0) is 11.2 Å². The van der Waals surface area contributed by atoms with Crippen LogP contribution < -0.4 is 14.8 Å². The molecule has 2 aromatic rings. The molecule has 2 aromatic carbocycles. The number of benzene rings is 2. The molecular weight excluding hydrogens is 368 g/mol. The van der Waals surface area contributed by atoms with Crippen molar-refractivity contribution in [2.24, 2.45) is 0 Å². The summed E-state index contributed by atoms with van der Waals surface area (Å²) < 4.78 is 11.1. The van der Waals surface area contributed by atoms with E-state index in [9.17, 15) is 9.59 Å². The van der Waals surface area contributed by atoms with Gasteiger partial charge in [-0.2, -0.15) is 0 Å². The third kappa shape index (κ3) is 4.70. The Morgan fingerprint density at radius 3 is 2.55 bits per heavy atom. The van der Waals surface area contributed by atoms with Gasteiger partial charge in [0.15, 0.2) is 11.5 Å². The van der Waals surface area contributed by atoms with E-state index >= 15 is 0 Å². The molecule has 0 aliphatic heterocycles. The number of ether oxygens (including phenoxy) is 2. The summed E-state index contributed by atoms with van der Waals surface area (Å²) in [6.07, 6.45) is 1.88. The number of hydrogen-bond acceptors (Lipinski definition) is 4. The van der Waals surface area contributed by atoms with Gasteiger partial charge in [-0.25, -0.2) is 0 Å². The number of hydrogen-bond donors (Lipinski definition) is 1. The number of likely N-dealkylation sites (N-methyl/N-ethyl adjacent to an activating group) is 1. The fraction of sp³-hybridized carbons (Fsp3) is 0.391. The molecule has 0 fully saturated rings. The lowest BCUT2D eigenvalue weighted by Gasteiger charge is -2.25. The average molecular weight is 396 g/mol. The smallest absolute Gasteiger partial charge is 0.251 e. The van der Waals surface area contributed by atoms with Gasteiger partial charge in [0.05, 0.1) is 25.8 Å². The van der Waals surface area contributed by atoms with Crippen LogP contribution in [0.4, 0.5) is 0 Å². The Hall–Kier alpha value is -3.02. The van der Waals surface area contributed by atoms with Crippen molar-refractivity contribution in [3.8, 4) is 11.5 Å². The van der Waals surface area contributed by atoms with Crippen molar-refractivity contribution < 1.29 is 19.1 Å². The maximum Gasteiger partial charge on any atom is 0.251 e. The summed E-state index contributed by atoms with van der Waals surface area (Å²) in [5.41, 5.74) is 2.92. The van der Waals surface area contributed by atoms with Crippen LogP contribution in [0.15, 0.2) is 42.5 Å². The first kappa shape index (κ1) is 20.7. The molecule has 1 aliphatic carbocycles. The van der Waals surface area contributed by atoms with Crippen molar-refractivity contribution in [2.45, 2.75) is 32.7 Å². The van der Waals surface area contributed by atoms with E-state index in [2.05, 4.69) is 17.4 Å². The molecule has 0 saturated heterocycles. The molecule has 1 atom stereocenters. The Kier molecular flexibility index (Phi) is 6.75. The van der Waals surface area contributed by atoms with E-state index in [0.29, 0.717) is 30.3 Å². The van der Waals surface area contributed by atoms with E-state index in [1.807, 2.05) is 26.0 Å². The molecule has 6 nitrogen and oxygen atoms in total. The van der Waals surface area contributed by atoms with Crippen molar-refractivity contribution in [1.82, 2.24) is 10.2 Å². The maximum absolute atomic E-state index is 12.7. The highest BCUT2D eigenvalue weighted by molar-refractivity contribution is 5.97. The number of amides is 2. The number of carbonyl (C=O) groups excluding carboxylic acids is 2. The minimum Gasteiger partial charge on any atom is -0.490 e. The summed E-state index contributed by atoms with van der Waals surface area (Å²) in [7, 11) is 1.80. The lowest BCUT2D eigenvalue weighted by atomic mass is 10.1. The molecule has 0 spiro atoms. The van der Waals surface area contributed by atoms with Gasteiger partial charge >= 0.3 is 0 Å². The second kappa shape index (κ2) is 9.45. The van der Waals surface area contributed by atoms with Crippen LogP contribution in [0.2, 0.25) is 0 Å². The fourth-order valence-electron chi connectivity index (χ4n) is 3.69. The van der Waals surface area contributed by atoms with Gasteiger partial charge in [-0.3, -0.25) is 9.59 Å². The van der Waals surface area contributed by atoms with Crippen LogP contribution in [0.25, 0.3) is 0 Å². The standard InChI is InChI=1S/C23H28N2O4/c1-4-28-20-13-11-17(14-21(20)29-5-2)23(27)24-15-22(26)25(3)19-12-10-16-8-6-7-9-18(16)19/h6-9,11,13-14,19H,4-5,10,12,15H2,1-3H3,(H,24,27). The molecule has 0 saturated carbocycles. The summed E-state index contributed by atoms with van der Waals surface area (Å²) >= 11 is 0. The largest absolute Gasteiger partial charge is 0.490 e. The number of rotatable bonds is 8. The van der Waals surface area contributed by atoms with Gasteiger partial charge in [0.2, 0.25) is 5.91 Å². The van der Waals surface area contributed by atoms with E-state index in [0.717, 1.165) is 12.8 Å². The molecule has 29 heavy (non-hydrogen) atoms. The van der Waals surface area contributed by atoms with Gasteiger partial charge in [0.1, 0.15) is 0 Å². The van der Waals surface area contributed by atoms with E-state index in [4.69, 9.17) is 9.47 Å². The molecule has 3 rings (SSSR count). The number of carbonyl (C=O) groups is 2. The van der Waals surface area contributed by atoms with Crippen LogP contribution in [0.3, 0.4) is 0 Å². The molecule has 1 aliphatic rings. The van der Waals surface area contributed by atoms with Gasteiger partial charge in [-0.05, 0) is 56.0 Å². The topological polar surface area (TPSA) is 67.9 Å². The minimum atomic E-state index is -0.317. The zero-order valence-corrected chi connectivity index (χ0v) is 17.2. The van der Waals surface area contributed by atoms with Crippen molar-refractivity contribution >= 4 is 11.8 Å². The quantitative estimate of drug-likeness (QED) is 0.743. The lowest BCUT2D eigenvalue weighted by molar-refractivity contribution is -0.131. The molecule has 154 valence electrons. The summed E-state index contributed by atoms with van der Waals surface area (Å²) in [4.78, 5) is 26.9. The molecule has 0 bridgehead atoms. The molecule has 1 unspecified atom stereocenters. The summed E-state index contributed by atoms with van der Waals surface area (Å²) in [6.45, 7) is 4.69. The summed E-state index contributed by atoms with van der Waals surface area (Å²) in [5.74, 6) is 0.688. The van der Waals surface area contributed by atoms with Crippen molar-refractivity contribution in [2.75, 3.05) is 26.8 Å². The van der Waals surface area contributed by atoms with E-state index < -0.39 is 0 Å². The first-order valence-corrected chi connectivity index (χ1v) is 10.1. The Bertz CT molecular complexity index is 881. The summed E-state index contributed by atoms with van der Waals surface area (Å²) in [5, 5.41) is 2.72. The highest BCUT2D eigenvalue weighted by Gasteiger charge is 2.28. The average Bonchev–Trinajstić information content (AvgIpc) is 3.17. The van der Waals surface area contributed by atoms with E-state index in [1.165, 1.54) is 11.1 Å². The third-order valence-corrected chi connectivity index (χ3v) is 5.17. The van der Waals surface area contributed by atoms with Crippen LogP contribution in [-0.4, -0.2) is 43.5 Å². The molecule has 2 amide bonds. The molecule has 0 radical (unpaired) electrons. The Labute approximate surface area is 171 Å². The molecule has 6 heteroatoms. The van der Waals surface area contributed by atoms with Gasteiger partial charge < -0.3 is 19.7 Å². The van der Waals surface area contributed by atoms with Crippen LogP contribution in [0, 0.1) is 0 Å². The van der Waals surface area contributed by atoms with Gasteiger partial charge in [0, 0.05) is 12.6 Å². The predicted molar refractivity (Wildman–Crippen MR) is 111 cm³/mol. The van der Waals surface area contributed by atoms with Crippen LogP contribution in [0.5, 0.6) is 11.5 Å². The lowest BCUT2D eigenvalue weighted by Crippen LogP contribution is -2.39. The van der Waals surface area contributed by atoms with Gasteiger partial charge in [0.25, 0.3) is 5.91 Å². The molecular formula is C23H28N2O4. The van der Waals surface area contributed by atoms with Crippen LogP contribution in [0.1, 0.15) is 47.8 Å². The Morgan fingerprint density at radius 2 is 1.79 bits per heavy atom. The first-order chi connectivity index (χ1) is 14.0. The molecule has 0 heterocycles. The highest BCUT2D eigenvalue weighted by atomic mass is 16.5. The van der Waals surface area contributed by atoms with Crippen molar-refractivity contribution in [3.05, 3.63) is 59.2 Å². The third-order valence-electron chi connectivity index (χ3n) is 5.17. The molecule has 0 aromatic heterocycles. The Balaban J connectivity index is 1.61. The first-order valence-electron chi connectivity index (χ1n) is 10.1. The monoisotopic (exact) mass is 396 g/mol. The second-order valence-electron chi connectivity index (χ2n) is 6.97. The van der Waals surface area contributed by atoms with Crippen molar-refractivity contribution in [3.63, 3.8) is 0 Å². The highest BCUT2D eigenvalue weighted by Crippen LogP contribution is 2.34. The zero-order valence-electron chi connectivity index (χ0n) is 17.2. The summed E-state index contributed by atoms with van der Waals surface area (Å²) in [6, 6.07) is 13.3. The minimum absolute atomic E-state index is 0.0504. The second-order valence-corrected chi connectivity index (χ2v) is 6.97. The fourth-order valence-corrected chi connectivity index (χ4v) is 3.69. The number of fused-ring (bicyclic) bond motifs is 1. The SMILES string of the molecule is CCOc1ccc(C(=O)NCC(=O)N(C)C2CCc3ccccc32)cc1OCC. The predicted octanol–water partition coefficient (Wildman–Crippen LogP) is 3.36. The maximum atomic E-state index is 12.7. The van der Waals surface area contributed by atoms with Gasteiger partial charge in [-0.1, -0.05) is 24.3 Å². The molecule has 1 N–H and O–H groups in total. The van der Waals surface area contributed by atoms with E-state index in [-0.39, 0.29) is 24.4 Å². The number of aryl methyl sites for hydroxylation is 1. The zero-order chi connectivity index (χ0) is 20.8.